The standard InChI is InChI=1S/C10H19F3N2/c1-15(6-4-10(11,12)13)8-9-3-2-5-14-7-9/h9,14H,2-8H2,1H3. The van der Waals surface area contributed by atoms with Crippen LogP contribution in [0.15, 0.2) is 0 Å². The van der Waals surface area contributed by atoms with E-state index >= 15 is 0 Å². The Labute approximate surface area is 88.8 Å². The summed E-state index contributed by atoms with van der Waals surface area (Å²) < 4.78 is 35.9. The van der Waals surface area contributed by atoms with Crippen LogP contribution in [0.1, 0.15) is 19.3 Å². The van der Waals surface area contributed by atoms with Crippen LogP contribution in [0.25, 0.3) is 0 Å². The Hall–Kier alpha value is -0.290. The molecule has 0 bridgehead atoms. The van der Waals surface area contributed by atoms with E-state index in [0.29, 0.717) is 5.92 Å². The van der Waals surface area contributed by atoms with Crippen LogP contribution >= 0.6 is 0 Å². The predicted octanol–water partition coefficient (Wildman–Crippen LogP) is 1.87. The normalized spacial score (nSPS) is 23.4. The minimum atomic E-state index is -4.03. The molecule has 1 unspecified atom stereocenters. The van der Waals surface area contributed by atoms with Gasteiger partial charge < -0.3 is 10.2 Å². The summed E-state index contributed by atoms with van der Waals surface area (Å²) in [6.45, 7) is 2.86. The van der Waals surface area contributed by atoms with Crippen molar-refractivity contribution in [3.8, 4) is 0 Å². The molecule has 90 valence electrons. The third-order valence-electron chi connectivity index (χ3n) is 2.75. The fourth-order valence-corrected chi connectivity index (χ4v) is 1.93. The van der Waals surface area contributed by atoms with E-state index in [1.54, 1.807) is 11.9 Å². The van der Waals surface area contributed by atoms with Crippen LogP contribution in [0.3, 0.4) is 0 Å². The Kier molecular flexibility index (Phi) is 4.86. The molecule has 1 aliphatic rings. The number of hydrogen-bond acceptors (Lipinski definition) is 2. The lowest BCUT2D eigenvalue weighted by Gasteiger charge is -2.27. The van der Waals surface area contributed by atoms with Gasteiger partial charge in [0.05, 0.1) is 6.42 Å². The second-order valence-corrected chi connectivity index (χ2v) is 4.34. The van der Waals surface area contributed by atoms with Crippen molar-refractivity contribution in [1.29, 1.82) is 0 Å². The van der Waals surface area contributed by atoms with Gasteiger partial charge in [0.15, 0.2) is 0 Å². The van der Waals surface area contributed by atoms with Crippen LogP contribution in [0.5, 0.6) is 0 Å². The zero-order chi connectivity index (χ0) is 11.3. The molecule has 0 aromatic carbocycles. The number of piperidine rings is 1. The summed E-state index contributed by atoms with van der Waals surface area (Å²) in [6.07, 6.45) is -2.47. The summed E-state index contributed by atoms with van der Waals surface area (Å²) in [7, 11) is 1.76. The lowest BCUT2D eigenvalue weighted by Crippen LogP contribution is -2.37. The summed E-state index contributed by atoms with van der Waals surface area (Å²) >= 11 is 0. The first-order valence-electron chi connectivity index (χ1n) is 5.43. The molecular formula is C10H19F3N2. The summed E-state index contributed by atoms with van der Waals surface area (Å²) in [4.78, 5) is 1.78. The zero-order valence-electron chi connectivity index (χ0n) is 9.11. The van der Waals surface area contributed by atoms with Gasteiger partial charge in [-0.2, -0.15) is 13.2 Å². The van der Waals surface area contributed by atoms with E-state index in [2.05, 4.69) is 5.32 Å². The van der Waals surface area contributed by atoms with E-state index in [9.17, 15) is 13.2 Å². The van der Waals surface area contributed by atoms with Gasteiger partial charge in [-0.1, -0.05) is 0 Å². The second kappa shape index (κ2) is 5.70. The van der Waals surface area contributed by atoms with Crippen molar-refractivity contribution in [3.63, 3.8) is 0 Å². The quantitative estimate of drug-likeness (QED) is 0.784. The highest BCUT2D eigenvalue weighted by Crippen LogP contribution is 2.20. The molecule has 1 heterocycles. The average molecular weight is 224 g/mol. The highest BCUT2D eigenvalue weighted by Gasteiger charge is 2.27. The number of nitrogens with one attached hydrogen (secondary N) is 1. The summed E-state index contributed by atoms with van der Waals surface area (Å²) in [5.74, 6) is 0.511. The highest BCUT2D eigenvalue weighted by molar-refractivity contribution is 4.72. The minimum absolute atomic E-state index is 0.111. The fourth-order valence-electron chi connectivity index (χ4n) is 1.93. The molecule has 15 heavy (non-hydrogen) atoms. The lowest BCUT2D eigenvalue weighted by atomic mass is 9.99. The molecule has 0 amide bonds. The first-order chi connectivity index (χ1) is 6.97. The number of nitrogens with zero attached hydrogens (tertiary/aromatic N) is 1. The van der Waals surface area contributed by atoms with Gasteiger partial charge in [-0.15, -0.1) is 0 Å². The molecule has 1 N–H and O–H groups in total. The molecule has 0 radical (unpaired) electrons. The SMILES string of the molecule is CN(CCC(F)(F)F)CC1CCCNC1. The molecule has 0 spiro atoms. The van der Waals surface area contributed by atoms with Crippen molar-refractivity contribution in [2.24, 2.45) is 5.92 Å². The summed E-state index contributed by atoms with van der Waals surface area (Å²) in [6, 6.07) is 0. The van der Waals surface area contributed by atoms with Crippen LogP contribution in [0.4, 0.5) is 13.2 Å². The molecule has 0 aliphatic carbocycles. The third-order valence-corrected chi connectivity index (χ3v) is 2.75. The Morgan fingerprint density at radius 3 is 2.67 bits per heavy atom. The fraction of sp³-hybridized carbons (Fsp3) is 1.00. The molecule has 0 aromatic rings. The Morgan fingerprint density at radius 1 is 1.40 bits per heavy atom. The Morgan fingerprint density at radius 2 is 2.13 bits per heavy atom. The van der Waals surface area contributed by atoms with Crippen LogP contribution < -0.4 is 5.32 Å². The van der Waals surface area contributed by atoms with E-state index in [-0.39, 0.29) is 6.54 Å². The molecular weight excluding hydrogens is 205 g/mol. The van der Waals surface area contributed by atoms with Gasteiger partial charge in [0, 0.05) is 13.1 Å². The maximum atomic E-state index is 12.0. The topological polar surface area (TPSA) is 15.3 Å². The molecule has 1 aliphatic heterocycles. The molecule has 1 saturated heterocycles. The minimum Gasteiger partial charge on any atom is -0.316 e. The first kappa shape index (κ1) is 12.8. The van der Waals surface area contributed by atoms with Crippen molar-refractivity contribution < 1.29 is 13.2 Å². The summed E-state index contributed by atoms with van der Waals surface area (Å²) in [5.41, 5.74) is 0. The van der Waals surface area contributed by atoms with Crippen molar-refractivity contribution in [2.75, 3.05) is 33.2 Å². The van der Waals surface area contributed by atoms with Crippen molar-refractivity contribution in [1.82, 2.24) is 10.2 Å². The third kappa shape index (κ3) is 5.99. The summed E-state index contributed by atoms with van der Waals surface area (Å²) in [5, 5.41) is 3.26. The molecule has 1 fully saturated rings. The van der Waals surface area contributed by atoms with E-state index in [0.717, 1.165) is 32.5 Å². The molecule has 0 aromatic heterocycles. The zero-order valence-corrected chi connectivity index (χ0v) is 9.11. The predicted molar refractivity (Wildman–Crippen MR) is 53.8 cm³/mol. The average Bonchev–Trinajstić information content (AvgIpc) is 2.15. The second-order valence-electron chi connectivity index (χ2n) is 4.34. The van der Waals surface area contributed by atoms with Crippen molar-refractivity contribution >= 4 is 0 Å². The Balaban J connectivity index is 2.14. The first-order valence-corrected chi connectivity index (χ1v) is 5.43. The lowest BCUT2D eigenvalue weighted by molar-refractivity contribution is -0.137. The smallest absolute Gasteiger partial charge is 0.316 e. The largest absolute Gasteiger partial charge is 0.390 e. The van der Waals surface area contributed by atoms with Crippen LogP contribution in [-0.4, -0.2) is 44.3 Å². The van der Waals surface area contributed by atoms with Gasteiger partial charge >= 0.3 is 6.18 Å². The van der Waals surface area contributed by atoms with Gasteiger partial charge in [0.2, 0.25) is 0 Å². The van der Waals surface area contributed by atoms with Gasteiger partial charge in [-0.3, -0.25) is 0 Å². The Bertz CT molecular complexity index is 176. The van der Waals surface area contributed by atoms with Gasteiger partial charge in [-0.05, 0) is 38.9 Å². The number of alkyl halides is 3. The van der Waals surface area contributed by atoms with E-state index in [1.807, 2.05) is 0 Å². The molecule has 5 heteroatoms. The number of hydrogen-bond donors (Lipinski definition) is 1. The van der Waals surface area contributed by atoms with Gasteiger partial charge in [0.25, 0.3) is 0 Å². The van der Waals surface area contributed by atoms with Crippen LogP contribution in [0.2, 0.25) is 0 Å². The van der Waals surface area contributed by atoms with E-state index in [4.69, 9.17) is 0 Å². The van der Waals surface area contributed by atoms with Gasteiger partial charge in [-0.25, -0.2) is 0 Å². The number of rotatable bonds is 4. The maximum absolute atomic E-state index is 12.0. The van der Waals surface area contributed by atoms with Crippen molar-refractivity contribution in [2.45, 2.75) is 25.4 Å². The molecule has 1 atom stereocenters. The number of halogens is 3. The van der Waals surface area contributed by atoms with Crippen LogP contribution in [0, 0.1) is 5.92 Å². The molecule has 0 saturated carbocycles. The van der Waals surface area contributed by atoms with Gasteiger partial charge in [0.1, 0.15) is 0 Å². The molecule has 2 nitrogen and oxygen atoms in total. The van der Waals surface area contributed by atoms with E-state index in [1.165, 1.54) is 0 Å². The van der Waals surface area contributed by atoms with Crippen LogP contribution in [-0.2, 0) is 0 Å². The van der Waals surface area contributed by atoms with E-state index < -0.39 is 12.6 Å². The van der Waals surface area contributed by atoms with Crippen molar-refractivity contribution in [3.05, 3.63) is 0 Å². The molecule has 1 rings (SSSR count). The highest BCUT2D eigenvalue weighted by atomic mass is 19.4. The monoisotopic (exact) mass is 224 g/mol. The maximum Gasteiger partial charge on any atom is 0.390 e.